The van der Waals surface area contributed by atoms with Gasteiger partial charge in [0, 0.05) is 62.8 Å². The second-order valence-corrected chi connectivity index (χ2v) is 16.2. The van der Waals surface area contributed by atoms with Crippen molar-refractivity contribution in [2.75, 3.05) is 46.1 Å². The van der Waals surface area contributed by atoms with E-state index in [0.29, 0.717) is 51.5 Å². The van der Waals surface area contributed by atoms with Gasteiger partial charge in [0.05, 0.1) is 49.4 Å². The van der Waals surface area contributed by atoms with Gasteiger partial charge >= 0.3 is 0 Å². The van der Waals surface area contributed by atoms with Gasteiger partial charge in [0.1, 0.15) is 11.5 Å². The van der Waals surface area contributed by atoms with E-state index in [1.807, 2.05) is 47.7 Å². The summed E-state index contributed by atoms with van der Waals surface area (Å²) in [5.74, 6) is 0.215. The zero-order chi connectivity index (χ0) is 34.8. The van der Waals surface area contributed by atoms with Crippen LogP contribution in [0, 0.1) is 5.92 Å². The summed E-state index contributed by atoms with van der Waals surface area (Å²) in [6, 6.07) is 1.23. The van der Waals surface area contributed by atoms with Crippen LogP contribution in [-0.2, 0) is 36.9 Å². The monoisotopic (exact) mass is 652 g/mol. The number of ether oxygens (including phenoxy) is 4. The molecule has 1 aliphatic heterocycles. The van der Waals surface area contributed by atoms with Gasteiger partial charge in [-0.1, -0.05) is 26.0 Å². The van der Waals surface area contributed by atoms with Crippen LogP contribution >= 0.6 is 0 Å². The molecule has 0 saturated carbocycles. The highest BCUT2D eigenvalue weighted by Gasteiger charge is 2.35. The maximum Gasteiger partial charge on any atom is 0.138 e. The minimum Gasteiger partial charge on any atom is -0.375 e. The quantitative estimate of drug-likeness (QED) is 0.137. The van der Waals surface area contributed by atoms with E-state index in [0.717, 1.165) is 44.8 Å². The summed E-state index contributed by atoms with van der Waals surface area (Å²) in [6.45, 7) is 34.3. The van der Waals surface area contributed by atoms with Crippen LogP contribution < -0.4 is 0 Å². The van der Waals surface area contributed by atoms with Gasteiger partial charge in [-0.25, -0.2) is 4.68 Å². The molecule has 0 spiro atoms. The first-order valence-corrected chi connectivity index (χ1v) is 17.7. The molecule has 0 N–H and O–H groups in total. The third kappa shape index (κ3) is 14.4. The number of piperazine rings is 1. The van der Waals surface area contributed by atoms with Crippen LogP contribution in [-0.4, -0.2) is 111 Å². The molecule has 1 saturated heterocycles. The lowest BCUT2D eigenvalue weighted by Crippen LogP contribution is -2.60. The van der Waals surface area contributed by atoms with Crippen LogP contribution in [0.5, 0.6) is 0 Å². The van der Waals surface area contributed by atoms with Crippen LogP contribution in [0.3, 0.4) is 0 Å². The zero-order valence-electron chi connectivity index (χ0n) is 31.8. The van der Waals surface area contributed by atoms with Crippen molar-refractivity contribution in [2.24, 2.45) is 5.92 Å². The fraction of sp³-hybridized carbons (Fsp3) is 0.917. The highest BCUT2D eigenvalue weighted by atomic mass is 16.6. The Morgan fingerprint density at radius 3 is 2.20 bits per heavy atom. The molecule has 10 heteroatoms. The van der Waals surface area contributed by atoms with Crippen molar-refractivity contribution in [1.82, 2.24) is 24.8 Å². The molecule has 1 fully saturated rings. The summed E-state index contributed by atoms with van der Waals surface area (Å²) in [5, 5.41) is 8.49. The van der Waals surface area contributed by atoms with E-state index in [4.69, 9.17) is 18.9 Å². The van der Waals surface area contributed by atoms with Crippen LogP contribution in [0.15, 0.2) is 6.20 Å². The van der Waals surface area contributed by atoms with E-state index in [-0.39, 0.29) is 22.8 Å². The highest BCUT2D eigenvalue weighted by Crippen LogP contribution is 2.27. The molecule has 0 amide bonds. The van der Waals surface area contributed by atoms with Crippen molar-refractivity contribution in [2.45, 2.75) is 163 Å². The number of carbonyl (C=O) groups is 1. The Balaban J connectivity index is 1.66. The van der Waals surface area contributed by atoms with E-state index in [1.54, 1.807) is 4.68 Å². The summed E-state index contributed by atoms with van der Waals surface area (Å²) in [5.41, 5.74) is -0.375. The third-order valence-corrected chi connectivity index (χ3v) is 9.28. The Morgan fingerprint density at radius 2 is 1.57 bits per heavy atom. The van der Waals surface area contributed by atoms with Gasteiger partial charge in [-0.05, 0) is 88.5 Å². The van der Waals surface area contributed by atoms with E-state index >= 15 is 0 Å². The summed E-state index contributed by atoms with van der Waals surface area (Å²) >= 11 is 0. The van der Waals surface area contributed by atoms with Gasteiger partial charge in [-0.3, -0.25) is 14.6 Å². The van der Waals surface area contributed by atoms with E-state index in [1.165, 1.54) is 6.42 Å². The molecule has 268 valence electrons. The number of nitrogens with zero attached hydrogens (tertiary/aromatic N) is 5. The molecule has 1 aliphatic rings. The molecule has 0 bridgehead atoms. The van der Waals surface area contributed by atoms with Crippen LogP contribution in [0.1, 0.15) is 121 Å². The van der Waals surface area contributed by atoms with Crippen LogP contribution in [0.25, 0.3) is 0 Å². The molecule has 2 heterocycles. The lowest BCUT2D eigenvalue weighted by Gasteiger charge is -2.49. The fourth-order valence-electron chi connectivity index (χ4n) is 5.78. The first kappa shape index (κ1) is 40.7. The summed E-state index contributed by atoms with van der Waals surface area (Å²) in [4.78, 5) is 17.5. The summed E-state index contributed by atoms with van der Waals surface area (Å²) in [7, 11) is 0. The maximum atomic E-state index is 12.1. The number of ketones is 1. The van der Waals surface area contributed by atoms with Gasteiger partial charge in [-0.15, -0.1) is 5.10 Å². The average Bonchev–Trinajstić information content (AvgIpc) is 3.41. The Morgan fingerprint density at radius 1 is 0.891 bits per heavy atom. The largest absolute Gasteiger partial charge is 0.375 e. The Kier molecular flexibility index (Phi) is 15.8. The summed E-state index contributed by atoms with van der Waals surface area (Å²) in [6.07, 6.45) is 5.30. The molecule has 0 aliphatic carbocycles. The highest BCUT2D eigenvalue weighted by molar-refractivity contribution is 5.81. The Bertz CT molecular complexity index is 1040. The smallest absolute Gasteiger partial charge is 0.138 e. The SMILES string of the molecule is CCC1CN(C(C)(C)CCOC(C)(C)CCOCc2cn(CCOC(C)(C)COC(C)(C)CC(=O)C(C)C)nn2)CCN1C(C)C. The van der Waals surface area contributed by atoms with Gasteiger partial charge in [-0.2, -0.15) is 0 Å². The number of rotatable bonds is 22. The van der Waals surface area contributed by atoms with E-state index in [2.05, 4.69) is 68.6 Å². The molecular formula is C36H69N5O5. The van der Waals surface area contributed by atoms with Crippen LogP contribution in [0.2, 0.25) is 0 Å². The van der Waals surface area contributed by atoms with Crippen molar-refractivity contribution >= 4 is 5.78 Å². The normalized spacial score (nSPS) is 17.8. The number of hydrogen-bond acceptors (Lipinski definition) is 9. The molecule has 46 heavy (non-hydrogen) atoms. The first-order chi connectivity index (χ1) is 21.3. The minimum atomic E-state index is -0.525. The third-order valence-electron chi connectivity index (χ3n) is 9.28. The van der Waals surface area contributed by atoms with Gasteiger partial charge in [0.15, 0.2) is 0 Å². The number of aromatic nitrogens is 3. The van der Waals surface area contributed by atoms with Crippen LogP contribution in [0.4, 0.5) is 0 Å². The summed E-state index contributed by atoms with van der Waals surface area (Å²) < 4.78 is 26.3. The second kappa shape index (κ2) is 17.8. The van der Waals surface area contributed by atoms with Crippen molar-refractivity contribution in [3.05, 3.63) is 11.9 Å². The van der Waals surface area contributed by atoms with Crippen molar-refractivity contribution in [3.8, 4) is 0 Å². The average molecular weight is 652 g/mol. The Labute approximate surface area is 281 Å². The molecule has 0 radical (unpaired) electrons. The fourth-order valence-corrected chi connectivity index (χ4v) is 5.78. The van der Waals surface area contributed by atoms with E-state index < -0.39 is 11.2 Å². The van der Waals surface area contributed by atoms with Crippen molar-refractivity contribution in [1.29, 1.82) is 0 Å². The second-order valence-electron chi connectivity index (χ2n) is 16.2. The molecule has 10 nitrogen and oxygen atoms in total. The molecule has 1 unspecified atom stereocenters. The van der Waals surface area contributed by atoms with Gasteiger partial charge in [0.2, 0.25) is 0 Å². The molecule has 2 rings (SSSR count). The zero-order valence-corrected chi connectivity index (χ0v) is 31.8. The van der Waals surface area contributed by atoms with E-state index in [9.17, 15) is 4.79 Å². The minimum absolute atomic E-state index is 0.00860. The lowest BCUT2D eigenvalue weighted by molar-refractivity contribution is -0.140. The molecule has 1 aromatic heterocycles. The van der Waals surface area contributed by atoms with Gasteiger partial charge < -0.3 is 18.9 Å². The number of hydrogen-bond donors (Lipinski definition) is 0. The maximum absolute atomic E-state index is 12.1. The first-order valence-electron chi connectivity index (χ1n) is 17.7. The molecular weight excluding hydrogens is 582 g/mol. The molecule has 1 atom stereocenters. The number of Topliss-reactive ketones (excluding diaryl/α,β-unsaturated/α-hetero) is 1. The predicted molar refractivity (Wildman–Crippen MR) is 185 cm³/mol. The lowest BCUT2D eigenvalue weighted by atomic mass is 9.94. The van der Waals surface area contributed by atoms with Crippen molar-refractivity contribution < 1.29 is 23.7 Å². The topological polar surface area (TPSA) is 91.2 Å². The predicted octanol–water partition coefficient (Wildman–Crippen LogP) is 6.16. The van der Waals surface area contributed by atoms with Crippen molar-refractivity contribution in [3.63, 3.8) is 0 Å². The molecule has 1 aromatic rings. The molecule has 0 aromatic carbocycles. The Hall–Kier alpha value is -1.43. The van der Waals surface area contributed by atoms with Gasteiger partial charge in [0.25, 0.3) is 0 Å². The standard InChI is InChI=1S/C36H69N5O5/c1-14-31-25-39(17-18-41(31)29(4)5)33(6,7)15-21-44-34(8,9)16-20-43-26-30-24-40(38-37-30)19-22-45-36(12,13)27-46-35(10,11)23-32(42)28(2)3/h24,28-29,31H,14-23,25-27H2,1-13H3. The number of carbonyl (C=O) groups excluding carboxylic acids is 1.